The van der Waals surface area contributed by atoms with Gasteiger partial charge in [-0.2, -0.15) is 0 Å². The molecule has 2 rings (SSSR count). The SMILES string of the molecule is Cl.O=C1N[C@H](c2ccc(Cl)c(Br)c2)C(F)(F)CO1. The Balaban J connectivity index is 0.00000162. The number of ether oxygens (including phenoxy) is 1. The van der Waals surface area contributed by atoms with Crippen LogP contribution in [0.1, 0.15) is 11.6 Å². The van der Waals surface area contributed by atoms with Crippen molar-refractivity contribution in [3.8, 4) is 0 Å². The van der Waals surface area contributed by atoms with Crippen LogP contribution in [-0.4, -0.2) is 18.6 Å². The summed E-state index contributed by atoms with van der Waals surface area (Å²) in [5, 5.41) is 2.51. The summed E-state index contributed by atoms with van der Waals surface area (Å²) in [4.78, 5) is 11.0. The van der Waals surface area contributed by atoms with Gasteiger partial charge in [-0.15, -0.1) is 12.4 Å². The largest absolute Gasteiger partial charge is 0.443 e. The number of hydrogen-bond donors (Lipinski definition) is 1. The molecule has 8 heteroatoms. The third kappa shape index (κ3) is 3.05. The fourth-order valence-corrected chi connectivity index (χ4v) is 2.04. The van der Waals surface area contributed by atoms with Gasteiger partial charge in [0.2, 0.25) is 0 Å². The number of halogens is 5. The molecule has 1 amide bonds. The molecular weight excluding hydrogens is 355 g/mol. The number of alkyl carbamates (subject to hydrolysis) is 1. The molecule has 100 valence electrons. The quantitative estimate of drug-likeness (QED) is 0.821. The van der Waals surface area contributed by atoms with Crippen LogP contribution in [-0.2, 0) is 4.74 Å². The van der Waals surface area contributed by atoms with Crippen LogP contribution in [0, 0.1) is 0 Å². The van der Waals surface area contributed by atoms with Crippen LogP contribution in [0.15, 0.2) is 22.7 Å². The molecule has 0 radical (unpaired) electrons. The molecule has 1 aromatic rings. The summed E-state index contributed by atoms with van der Waals surface area (Å²) in [5.41, 5.74) is 0.267. The number of cyclic esters (lactones) is 1. The van der Waals surface area contributed by atoms with Crippen LogP contribution >= 0.6 is 39.9 Å². The molecule has 1 aliphatic heterocycles. The molecule has 0 spiro atoms. The van der Waals surface area contributed by atoms with Gasteiger partial charge in [-0.05, 0) is 33.6 Å². The summed E-state index contributed by atoms with van der Waals surface area (Å²) >= 11 is 8.92. The Kier molecular flexibility index (Phi) is 4.80. The smallest absolute Gasteiger partial charge is 0.408 e. The molecule has 18 heavy (non-hydrogen) atoms. The van der Waals surface area contributed by atoms with Crippen molar-refractivity contribution in [1.82, 2.24) is 5.32 Å². The van der Waals surface area contributed by atoms with E-state index in [2.05, 4.69) is 26.0 Å². The first-order valence-corrected chi connectivity index (χ1v) is 5.83. The van der Waals surface area contributed by atoms with Crippen molar-refractivity contribution >= 4 is 46.0 Å². The summed E-state index contributed by atoms with van der Waals surface area (Å²) in [6, 6.07) is 2.97. The molecule has 1 aliphatic rings. The molecule has 1 N–H and O–H groups in total. The molecule has 1 fully saturated rings. The predicted octanol–water partition coefficient (Wildman–Crippen LogP) is 3.94. The molecule has 1 saturated heterocycles. The zero-order valence-electron chi connectivity index (χ0n) is 8.75. The number of nitrogens with one attached hydrogen (secondary N) is 1. The van der Waals surface area contributed by atoms with Gasteiger partial charge in [0.25, 0.3) is 0 Å². The summed E-state index contributed by atoms with van der Waals surface area (Å²) in [5.74, 6) is -3.15. The molecule has 0 saturated carbocycles. The first kappa shape index (κ1) is 15.5. The fraction of sp³-hybridized carbons (Fsp3) is 0.300. The van der Waals surface area contributed by atoms with E-state index >= 15 is 0 Å². The number of amides is 1. The monoisotopic (exact) mass is 361 g/mol. The Hall–Kier alpha value is -0.590. The van der Waals surface area contributed by atoms with E-state index in [0.29, 0.717) is 9.50 Å². The molecule has 1 heterocycles. The van der Waals surface area contributed by atoms with E-state index in [9.17, 15) is 13.6 Å². The van der Waals surface area contributed by atoms with Crippen molar-refractivity contribution in [2.75, 3.05) is 6.61 Å². The highest BCUT2D eigenvalue weighted by atomic mass is 79.9. The van der Waals surface area contributed by atoms with Gasteiger partial charge in [0.15, 0.2) is 6.61 Å². The number of rotatable bonds is 1. The zero-order valence-corrected chi connectivity index (χ0v) is 11.9. The molecule has 1 atom stereocenters. The normalized spacial score (nSPS) is 21.6. The van der Waals surface area contributed by atoms with Crippen LogP contribution < -0.4 is 5.32 Å². The summed E-state index contributed by atoms with van der Waals surface area (Å²) in [6.45, 7) is -0.927. The van der Waals surface area contributed by atoms with Crippen LogP contribution in [0.5, 0.6) is 0 Å². The van der Waals surface area contributed by atoms with Crippen molar-refractivity contribution in [1.29, 1.82) is 0 Å². The first-order valence-electron chi connectivity index (χ1n) is 4.66. The Bertz CT molecular complexity index is 473. The summed E-state index contributed by atoms with van der Waals surface area (Å²) < 4.78 is 31.9. The van der Waals surface area contributed by atoms with Gasteiger partial charge in [-0.25, -0.2) is 13.6 Å². The van der Waals surface area contributed by atoms with Crippen LogP contribution in [0.3, 0.4) is 0 Å². The van der Waals surface area contributed by atoms with E-state index in [1.54, 1.807) is 0 Å². The van der Waals surface area contributed by atoms with Crippen LogP contribution in [0.4, 0.5) is 13.6 Å². The molecule has 1 aromatic carbocycles. The second kappa shape index (κ2) is 5.59. The van der Waals surface area contributed by atoms with Crippen LogP contribution in [0.25, 0.3) is 0 Å². The number of hydrogen-bond acceptors (Lipinski definition) is 2. The van der Waals surface area contributed by atoms with Gasteiger partial charge >= 0.3 is 12.0 Å². The van der Waals surface area contributed by atoms with E-state index < -0.39 is 24.7 Å². The fourth-order valence-electron chi connectivity index (χ4n) is 1.53. The average molecular weight is 363 g/mol. The minimum atomic E-state index is -3.15. The summed E-state index contributed by atoms with van der Waals surface area (Å²) in [7, 11) is 0. The van der Waals surface area contributed by atoms with Crippen LogP contribution in [0.2, 0.25) is 5.02 Å². The number of alkyl halides is 2. The van der Waals surface area contributed by atoms with Gasteiger partial charge in [0.1, 0.15) is 6.04 Å². The van der Waals surface area contributed by atoms with Crippen molar-refractivity contribution in [3.05, 3.63) is 33.3 Å². The highest BCUT2D eigenvalue weighted by Crippen LogP contribution is 2.36. The molecule has 0 unspecified atom stereocenters. The number of carbonyl (C=O) groups excluding carboxylic acids is 1. The maximum atomic E-state index is 13.6. The third-order valence-corrected chi connectivity index (χ3v) is 3.57. The Morgan fingerprint density at radius 3 is 2.78 bits per heavy atom. The van der Waals surface area contributed by atoms with Gasteiger partial charge < -0.3 is 10.1 Å². The maximum absolute atomic E-state index is 13.6. The molecular formula is C10H8BrCl2F2NO2. The number of benzene rings is 1. The minimum absolute atomic E-state index is 0. The van der Waals surface area contributed by atoms with E-state index in [4.69, 9.17) is 11.6 Å². The Labute approximate surface area is 121 Å². The standard InChI is InChI=1S/C10H7BrClF2NO2.ClH/c11-6-3-5(1-2-7(6)12)8-10(13,14)4-17-9(16)15-8;/h1-3,8H,4H2,(H,15,16);1H/t8-;/m1./s1. The zero-order chi connectivity index (χ0) is 12.6. The second-order valence-corrected chi connectivity index (χ2v) is 4.85. The van der Waals surface area contributed by atoms with Crippen molar-refractivity contribution in [3.63, 3.8) is 0 Å². The van der Waals surface area contributed by atoms with Gasteiger partial charge in [-0.3, -0.25) is 0 Å². The van der Waals surface area contributed by atoms with E-state index in [1.807, 2.05) is 0 Å². The Morgan fingerprint density at radius 2 is 2.17 bits per heavy atom. The van der Waals surface area contributed by atoms with E-state index in [0.717, 1.165) is 0 Å². The predicted molar refractivity (Wildman–Crippen MR) is 68.6 cm³/mol. The average Bonchev–Trinajstić information content (AvgIpc) is 2.26. The second-order valence-electron chi connectivity index (χ2n) is 3.59. The third-order valence-electron chi connectivity index (χ3n) is 2.36. The van der Waals surface area contributed by atoms with Gasteiger partial charge in [-0.1, -0.05) is 17.7 Å². The molecule has 0 aromatic heterocycles. The molecule has 0 aliphatic carbocycles. The summed E-state index contributed by atoms with van der Waals surface area (Å²) in [6.07, 6.45) is -0.855. The van der Waals surface area contributed by atoms with E-state index in [1.165, 1.54) is 18.2 Å². The van der Waals surface area contributed by atoms with E-state index in [-0.39, 0.29) is 18.0 Å². The number of carbonyl (C=O) groups is 1. The maximum Gasteiger partial charge on any atom is 0.408 e. The topological polar surface area (TPSA) is 38.3 Å². The van der Waals surface area contributed by atoms with Gasteiger partial charge in [0, 0.05) is 4.47 Å². The highest BCUT2D eigenvalue weighted by Gasteiger charge is 2.46. The van der Waals surface area contributed by atoms with Gasteiger partial charge in [0.05, 0.1) is 5.02 Å². The Morgan fingerprint density at radius 1 is 1.50 bits per heavy atom. The minimum Gasteiger partial charge on any atom is -0.443 e. The first-order chi connectivity index (χ1) is 7.90. The molecule has 0 bridgehead atoms. The lowest BCUT2D eigenvalue weighted by Gasteiger charge is -2.31. The van der Waals surface area contributed by atoms with Crippen molar-refractivity contribution in [2.24, 2.45) is 0 Å². The lowest BCUT2D eigenvalue weighted by molar-refractivity contribution is -0.104. The lowest BCUT2D eigenvalue weighted by Crippen LogP contribution is -2.49. The molecule has 3 nitrogen and oxygen atoms in total. The van der Waals surface area contributed by atoms with Crippen molar-refractivity contribution in [2.45, 2.75) is 12.0 Å². The highest BCUT2D eigenvalue weighted by molar-refractivity contribution is 9.10. The lowest BCUT2D eigenvalue weighted by atomic mass is 10.0. The van der Waals surface area contributed by atoms with Crippen molar-refractivity contribution < 1.29 is 18.3 Å².